The average Bonchev–Trinajstić information content (AvgIpc) is 2.71. The topological polar surface area (TPSA) is 41.1 Å². The highest BCUT2D eigenvalue weighted by molar-refractivity contribution is 9.10. The van der Waals surface area contributed by atoms with E-state index >= 15 is 0 Å². The van der Waals surface area contributed by atoms with Gasteiger partial charge in [-0.05, 0) is 65.4 Å². The van der Waals surface area contributed by atoms with Crippen molar-refractivity contribution in [1.29, 1.82) is 0 Å². The molecule has 0 bridgehead atoms. The molecule has 9 heteroatoms. The van der Waals surface area contributed by atoms with Gasteiger partial charge in [-0.25, -0.2) is 9.97 Å². The van der Waals surface area contributed by atoms with Crippen LogP contribution < -0.4 is 10.2 Å². The molecule has 2 aromatic rings. The Balaban J connectivity index is 1.96. The van der Waals surface area contributed by atoms with E-state index in [9.17, 15) is 13.2 Å². The van der Waals surface area contributed by atoms with Gasteiger partial charge in [0.25, 0.3) is 0 Å². The number of nitrogens with one attached hydrogen (secondary N) is 1. The van der Waals surface area contributed by atoms with Crippen LogP contribution in [-0.2, 0) is 12.7 Å². The van der Waals surface area contributed by atoms with Gasteiger partial charge in [-0.3, -0.25) is 0 Å². The summed E-state index contributed by atoms with van der Waals surface area (Å²) in [7, 11) is 0. The Morgan fingerprint density at radius 3 is 2.23 bits per heavy atom. The van der Waals surface area contributed by atoms with E-state index in [0.717, 1.165) is 42.3 Å². The minimum Gasteiger partial charge on any atom is -0.333 e. The number of nitrogens with zero attached hydrogens (tertiary/aromatic N) is 3. The highest BCUT2D eigenvalue weighted by Crippen LogP contribution is 2.33. The molecule has 0 amide bonds. The van der Waals surface area contributed by atoms with Gasteiger partial charge in [-0.15, -0.1) is 0 Å². The number of piperidine rings is 1. The predicted molar refractivity (Wildman–Crippen MR) is 117 cm³/mol. The number of alkyl halides is 3. The second-order valence-corrected chi connectivity index (χ2v) is 9.03. The molecule has 0 spiro atoms. The van der Waals surface area contributed by atoms with Crippen LogP contribution in [0.1, 0.15) is 50.7 Å². The Kier molecular flexibility index (Phi) is 7.63. The van der Waals surface area contributed by atoms with E-state index in [0.29, 0.717) is 23.6 Å². The maximum absolute atomic E-state index is 13.3. The lowest BCUT2D eigenvalue weighted by Crippen LogP contribution is -2.52. The minimum absolute atomic E-state index is 0.0691. The van der Waals surface area contributed by atoms with Gasteiger partial charge in [0.05, 0.1) is 10.0 Å². The van der Waals surface area contributed by atoms with Gasteiger partial charge in [0.15, 0.2) is 0 Å². The number of benzene rings is 1. The molecule has 30 heavy (non-hydrogen) atoms. The largest absolute Gasteiger partial charge is 0.416 e. The maximum atomic E-state index is 13.3. The Labute approximate surface area is 188 Å². The van der Waals surface area contributed by atoms with Gasteiger partial charge >= 0.3 is 6.18 Å². The van der Waals surface area contributed by atoms with Gasteiger partial charge < -0.3 is 10.2 Å². The third-order valence-corrected chi connectivity index (χ3v) is 6.14. The first kappa shape index (κ1) is 23.3. The molecule has 1 aromatic heterocycles. The van der Waals surface area contributed by atoms with Crippen molar-refractivity contribution in [3.8, 4) is 0 Å². The lowest BCUT2D eigenvalue weighted by molar-refractivity contribution is -0.137. The minimum atomic E-state index is -4.45. The molecule has 3 rings (SSSR count). The summed E-state index contributed by atoms with van der Waals surface area (Å²) < 4.78 is 40.6. The Hall–Kier alpha value is -1.38. The second-order valence-electron chi connectivity index (χ2n) is 7.68. The molecule has 1 unspecified atom stereocenters. The monoisotopic (exact) mass is 504 g/mol. The summed E-state index contributed by atoms with van der Waals surface area (Å²) in [6.07, 6.45) is 2.58. The summed E-state index contributed by atoms with van der Waals surface area (Å²) in [5.74, 6) is 0.503. The van der Waals surface area contributed by atoms with E-state index in [2.05, 4.69) is 45.1 Å². The van der Waals surface area contributed by atoms with E-state index in [-0.39, 0.29) is 17.6 Å². The van der Waals surface area contributed by atoms with Crippen molar-refractivity contribution >= 4 is 33.5 Å². The SMILES string of the molecule is CC[C@@H]1CC(N(Cc2cc(Cl)cc(C(F)(F)F)c2)c2ncc(Br)cn2)C[C@H](CC)N1. The van der Waals surface area contributed by atoms with Gasteiger partial charge in [0, 0.05) is 42.1 Å². The number of hydrogen-bond donors (Lipinski definition) is 1. The van der Waals surface area contributed by atoms with Crippen molar-refractivity contribution in [2.45, 2.75) is 70.4 Å². The van der Waals surface area contributed by atoms with E-state index in [1.54, 1.807) is 18.5 Å². The number of hydrogen-bond acceptors (Lipinski definition) is 4. The average molecular weight is 506 g/mol. The molecule has 1 aromatic carbocycles. The molecule has 2 heterocycles. The van der Waals surface area contributed by atoms with Gasteiger partial charge in [-0.2, -0.15) is 13.2 Å². The van der Waals surface area contributed by atoms with Crippen molar-refractivity contribution in [3.05, 3.63) is 51.2 Å². The normalized spacial score (nSPS) is 22.2. The standard InChI is InChI=1S/C21H25BrClF3N4/c1-3-17-8-19(9-18(4-2)29-17)30(20-27-10-15(22)11-28-20)12-13-5-14(21(24,25)26)7-16(23)6-13/h5-7,10-11,17-19,29H,3-4,8-9,12H2,1-2H3/t17-,18+,19?. The second kappa shape index (κ2) is 9.83. The highest BCUT2D eigenvalue weighted by atomic mass is 79.9. The van der Waals surface area contributed by atoms with Crippen LogP contribution in [0.4, 0.5) is 19.1 Å². The van der Waals surface area contributed by atoms with Crippen molar-refractivity contribution in [3.63, 3.8) is 0 Å². The number of aromatic nitrogens is 2. The van der Waals surface area contributed by atoms with Crippen molar-refractivity contribution in [2.75, 3.05) is 4.90 Å². The molecule has 1 N–H and O–H groups in total. The predicted octanol–water partition coefficient (Wildman–Crippen LogP) is 6.23. The van der Waals surface area contributed by atoms with Gasteiger partial charge in [0.1, 0.15) is 0 Å². The zero-order valence-corrected chi connectivity index (χ0v) is 19.2. The third-order valence-electron chi connectivity index (χ3n) is 5.51. The van der Waals surface area contributed by atoms with E-state index in [1.807, 2.05) is 4.90 Å². The fraction of sp³-hybridized carbons (Fsp3) is 0.524. The van der Waals surface area contributed by atoms with E-state index in [1.165, 1.54) is 0 Å². The van der Waals surface area contributed by atoms with Crippen LogP contribution in [0.25, 0.3) is 0 Å². The van der Waals surface area contributed by atoms with Crippen molar-refractivity contribution in [1.82, 2.24) is 15.3 Å². The molecule has 0 radical (unpaired) electrons. The number of rotatable bonds is 6. The van der Waals surface area contributed by atoms with Crippen LogP contribution in [0.3, 0.4) is 0 Å². The molecule has 0 saturated carbocycles. The van der Waals surface area contributed by atoms with Crippen LogP contribution in [0.5, 0.6) is 0 Å². The zero-order chi connectivity index (χ0) is 21.9. The lowest BCUT2D eigenvalue weighted by atomic mass is 9.90. The fourth-order valence-electron chi connectivity index (χ4n) is 3.96. The first-order valence-corrected chi connectivity index (χ1v) is 11.2. The van der Waals surface area contributed by atoms with Crippen LogP contribution in [-0.4, -0.2) is 28.1 Å². The molecule has 1 aliphatic rings. The quantitative estimate of drug-likeness (QED) is 0.505. The Bertz CT molecular complexity index is 835. The lowest BCUT2D eigenvalue weighted by Gasteiger charge is -2.41. The number of anilines is 1. The van der Waals surface area contributed by atoms with E-state index in [4.69, 9.17) is 11.6 Å². The smallest absolute Gasteiger partial charge is 0.333 e. The van der Waals surface area contributed by atoms with Crippen LogP contribution in [0, 0.1) is 0 Å². The molecular weight excluding hydrogens is 481 g/mol. The van der Waals surface area contributed by atoms with Crippen molar-refractivity contribution < 1.29 is 13.2 Å². The molecule has 3 atom stereocenters. The summed E-state index contributed by atoms with van der Waals surface area (Å²) >= 11 is 9.36. The molecule has 1 saturated heterocycles. The van der Waals surface area contributed by atoms with Gasteiger partial charge in [-0.1, -0.05) is 25.4 Å². The van der Waals surface area contributed by atoms with Crippen LogP contribution >= 0.6 is 27.5 Å². The first-order valence-electron chi connectivity index (χ1n) is 10.1. The fourth-order valence-corrected chi connectivity index (χ4v) is 4.43. The first-order chi connectivity index (χ1) is 14.2. The zero-order valence-electron chi connectivity index (χ0n) is 16.9. The molecule has 164 valence electrons. The summed E-state index contributed by atoms with van der Waals surface area (Å²) in [5, 5.41) is 3.72. The Morgan fingerprint density at radius 1 is 1.10 bits per heavy atom. The molecule has 0 aliphatic carbocycles. The number of halogens is 5. The van der Waals surface area contributed by atoms with Crippen molar-refractivity contribution in [2.24, 2.45) is 0 Å². The summed E-state index contributed by atoms with van der Waals surface area (Å²) in [6, 6.07) is 4.49. The summed E-state index contributed by atoms with van der Waals surface area (Å²) in [5.41, 5.74) is -0.258. The summed E-state index contributed by atoms with van der Waals surface area (Å²) in [4.78, 5) is 10.9. The van der Waals surface area contributed by atoms with Gasteiger partial charge in [0.2, 0.25) is 5.95 Å². The maximum Gasteiger partial charge on any atom is 0.416 e. The highest BCUT2D eigenvalue weighted by Gasteiger charge is 2.34. The Morgan fingerprint density at radius 2 is 1.70 bits per heavy atom. The molecular formula is C21H25BrClF3N4. The molecule has 1 fully saturated rings. The van der Waals surface area contributed by atoms with Crippen LogP contribution in [0.15, 0.2) is 35.1 Å². The summed E-state index contributed by atoms with van der Waals surface area (Å²) in [6.45, 7) is 4.53. The molecule has 4 nitrogen and oxygen atoms in total. The molecule has 1 aliphatic heterocycles. The van der Waals surface area contributed by atoms with Crippen LogP contribution in [0.2, 0.25) is 5.02 Å². The van der Waals surface area contributed by atoms with E-state index < -0.39 is 11.7 Å². The third kappa shape index (κ3) is 5.86.